The van der Waals surface area contributed by atoms with Gasteiger partial charge in [-0.1, -0.05) is 36.8 Å². The van der Waals surface area contributed by atoms with E-state index in [2.05, 4.69) is 20.8 Å². The SMILES string of the molecule is CCC(=O)Nc1[nH]ncc1C(=O)NCc1ccc(C)cc1. The number of carbonyl (C=O) groups is 2. The van der Waals surface area contributed by atoms with Gasteiger partial charge in [0.05, 0.1) is 6.20 Å². The summed E-state index contributed by atoms with van der Waals surface area (Å²) in [6, 6.07) is 7.91. The van der Waals surface area contributed by atoms with Gasteiger partial charge in [-0.15, -0.1) is 0 Å². The Morgan fingerprint density at radius 3 is 2.62 bits per heavy atom. The van der Waals surface area contributed by atoms with Gasteiger partial charge in [-0.2, -0.15) is 5.10 Å². The highest BCUT2D eigenvalue weighted by Crippen LogP contribution is 2.11. The van der Waals surface area contributed by atoms with E-state index >= 15 is 0 Å². The first-order valence-corrected chi connectivity index (χ1v) is 6.77. The number of benzene rings is 1. The molecule has 0 saturated heterocycles. The summed E-state index contributed by atoms with van der Waals surface area (Å²) in [5, 5.41) is 11.8. The fraction of sp³-hybridized carbons (Fsp3) is 0.267. The molecular formula is C15H18N4O2. The molecule has 3 N–H and O–H groups in total. The monoisotopic (exact) mass is 286 g/mol. The van der Waals surface area contributed by atoms with Gasteiger partial charge in [0.25, 0.3) is 5.91 Å². The topological polar surface area (TPSA) is 86.9 Å². The van der Waals surface area contributed by atoms with E-state index in [1.54, 1.807) is 6.92 Å². The molecule has 6 heteroatoms. The van der Waals surface area contributed by atoms with Crippen LogP contribution in [-0.4, -0.2) is 22.0 Å². The van der Waals surface area contributed by atoms with Crippen LogP contribution in [0.3, 0.4) is 0 Å². The summed E-state index contributed by atoms with van der Waals surface area (Å²) >= 11 is 0. The Morgan fingerprint density at radius 2 is 1.95 bits per heavy atom. The Labute approximate surface area is 122 Å². The predicted molar refractivity (Wildman–Crippen MR) is 79.9 cm³/mol. The number of aromatic amines is 1. The highest BCUT2D eigenvalue weighted by atomic mass is 16.2. The largest absolute Gasteiger partial charge is 0.348 e. The van der Waals surface area contributed by atoms with E-state index in [1.165, 1.54) is 11.8 Å². The van der Waals surface area contributed by atoms with Crippen molar-refractivity contribution in [1.82, 2.24) is 15.5 Å². The van der Waals surface area contributed by atoms with Crippen LogP contribution in [-0.2, 0) is 11.3 Å². The number of rotatable bonds is 5. The molecule has 0 fully saturated rings. The van der Waals surface area contributed by atoms with Gasteiger partial charge in [-0.25, -0.2) is 0 Å². The van der Waals surface area contributed by atoms with Crippen LogP contribution in [0, 0.1) is 6.92 Å². The van der Waals surface area contributed by atoms with E-state index in [-0.39, 0.29) is 11.8 Å². The number of amides is 2. The molecule has 1 heterocycles. The van der Waals surface area contributed by atoms with Gasteiger partial charge in [-0.3, -0.25) is 14.7 Å². The first-order chi connectivity index (χ1) is 10.1. The van der Waals surface area contributed by atoms with E-state index < -0.39 is 0 Å². The number of nitrogens with one attached hydrogen (secondary N) is 3. The van der Waals surface area contributed by atoms with Gasteiger partial charge in [0, 0.05) is 13.0 Å². The molecule has 21 heavy (non-hydrogen) atoms. The molecule has 0 aliphatic heterocycles. The summed E-state index contributed by atoms with van der Waals surface area (Å²) in [7, 11) is 0. The zero-order chi connectivity index (χ0) is 15.2. The number of nitrogens with zero attached hydrogens (tertiary/aromatic N) is 1. The molecule has 0 radical (unpaired) electrons. The average molecular weight is 286 g/mol. The number of H-pyrrole nitrogens is 1. The van der Waals surface area contributed by atoms with Crippen LogP contribution in [0.2, 0.25) is 0 Å². The molecule has 0 spiro atoms. The van der Waals surface area contributed by atoms with Gasteiger partial charge >= 0.3 is 0 Å². The van der Waals surface area contributed by atoms with Crippen molar-refractivity contribution in [3.8, 4) is 0 Å². The maximum atomic E-state index is 12.1. The Morgan fingerprint density at radius 1 is 1.24 bits per heavy atom. The molecular weight excluding hydrogens is 268 g/mol. The molecule has 0 atom stereocenters. The van der Waals surface area contributed by atoms with Gasteiger partial charge in [0.1, 0.15) is 11.4 Å². The van der Waals surface area contributed by atoms with Crippen LogP contribution >= 0.6 is 0 Å². The molecule has 1 aromatic heterocycles. The maximum Gasteiger partial charge on any atom is 0.256 e. The smallest absolute Gasteiger partial charge is 0.256 e. The van der Waals surface area contributed by atoms with Crippen molar-refractivity contribution in [1.29, 1.82) is 0 Å². The minimum absolute atomic E-state index is 0.174. The summed E-state index contributed by atoms with van der Waals surface area (Å²) in [5.41, 5.74) is 2.50. The summed E-state index contributed by atoms with van der Waals surface area (Å²) in [6.45, 7) is 4.17. The van der Waals surface area contributed by atoms with Gasteiger partial charge in [0.2, 0.25) is 5.91 Å². The van der Waals surface area contributed by atoms with Crippen LogP contribution in [0.1, 0.15) is 34.8 Å². The lowest BCUT2D eigenvalue weighted by Crippen LogP contribution is -2.24. The van der Waals surface area contributed by atoms with Crippen LogP contribution < -0.4 is 10.6 Å². The fourth-order valence-electron chi connectivity index (χ4n) is 1.76. The van der Waals surface area contributed by atoms with Crippen LogP contribution in [0.5, 0.6) is 0 Å². The molecule has 0 aliphatic carbocycles. The third kappa shape index (κ3) is 3.92. The lowest BCUT2D eigenvalue weighted by molar-refractivity contribution is -0.115. The minimum Gasteiger partial charge on any atom is -0.348 e. The van der Waals surface area contributed by atoms with Crippen molar-refractivity contribution < 1.29 is 9.59 Å². The van der Waals surface area contributed by atoms with Crippen molar-refractivity contribution in [2.45, 2.75) is 26.8 Å². The Bertz CT molecular complexity index is 631. The molecule has 6 nitrogen and oxygen atoms in total. The molecule has 2 aromatic rings. The predicted octanol–water partition coefficient (Wildman–Crippen LogP) is 2.00. The van der Waals surface area contributed by atoms with Crippen LogP contribution in [0.25, 0.3) is 0 Å². The third-order valence-corrected chi connectivity index (χ3v) is 3.04. The second kappa shape index (κ2) is 6.69. The van der Waals surface area contributed by atoms with Crippen LogP contribution in [0.4, 0.5) is 5.82 Å². The molecule has 0 bridgehead atoms. The summed E-state index contributed by atoms with van der Waals surface area (Å²) < 4.78 is 0. The van der Waals surface area contributed by atoms with E-state index in [4.69, 9.17) is 0 Å². The normalized spacial score (nSPS) is 10.2. The fourth-order valence-corrected chi connectivity index (χ4v) is 1.76. The van der Waals surface area contributed by atoms with Crippen molar-refractivity contribution >= 4 is 17.6 Å². The summed E-state index contributed by atoms with van der Waals surface area (Å²) in [4.78, 5) is 23.5. The van der Waals surface area contributed by atoms with Gasteiger partial charge in [-0.05, 0) is 12.5 Å². The van der Waals surface area contributed by atoms with E-state index in [9.17, 15) is 9.59 Å². The number of aryl methyl sites for hydroxylation is 1. The molecule has 0 saturated carbocycles. The lowest BCUT2D eigenvalue weighted by Gasteiger charge is -2.07. The quantitative estimate of drug-likeness (QED) is 0.785. The number of anilines is 1. The van der Waals surface area contributed by atoms with Crippen molar-refractivity contribution in [3.05, 3.63) is 47.2 Å². The zero-order valence-electron chi connectivity index (χ0n) is 12.1. The Kier molecular flexibility index (Phi) is 4.71. The van der Waals surface area contributed by atoms with E-state index in [0.717, 1.165) is 5.56 Å². The summed E-state index contributed by atoms with van der Waals surface area (Å²) in [5.74, 6) is -0.134. The number of hydrogen-bond donors (Lipinski definition) is 3. The third-order valence-electron chi connectivity index (χ3n) is 3.04. The second-order valence-corrected chi connectivity index (χ2v) is 4.73. The molecule has 0 unspecified atom stereocenters. The number of carbonyl (C=O) groups excluding carboxylic acids is 2. The first-order valence-electron chi connectivity index (χ1n) is 6.77. The van der Waals surface area contributed by atoms with E-state index in [0.29, 0.717) is 24.3 Å². The van der Waals surface area contributed by atoms with Crippen molar-refractivity contribution in [2.75, 3.05) is 5.32 Å². The summed E-state index contributed by atoms with van der Waals surface area (Å²) in [6.07, 6.45) is 1.74. The van der Waals surface area contributed by atoms with Crippen molar-refractivity contribution in [3.63, 3.8) is 0 Å². The maximum absolute atomic E-state index is 12.1. The zero-order valence-corrected chi connectivity index (χ0v) is 12.1. The number of aromatic nitrogens is 2. The highest BCUT2D eigenvalue weighted by molar-refractivity contribution is 6.02. The van der Waals surface area contributed by atoms with Crippen LogP contribution in [0.15, 0.2) is 30.5 Å². The Hall–Kier alpha value is -2.63. The molecule has 2 amide bonds. The van der Waals surface area contributed by atoms with Crippen molar-refractivity contribution in [2.24, 2.45) is 0 Å². The Balaban J connectivity index is 1.99. The second-order valence-electron chi connectivity index (χ2n) is 4.73. The lowest BCUT2D eigenvalue weighted by atomic mass is 10.1. The molecule has 110 valence electrons. The molecule has 1 aromatic carbocycles. The van der Waals surface area contributed by atoms with E-state index in [1.807, 2.05) is 31.2 Å². The average Bonchev–Trinajstić information content (AvgIpc) is 2.94. The number of hydrogen-bond acceptors (Lipinski definition) is 3. The molecule has 0 aliphatic rings. The van der Waals surface area contributed by atoms with Gasteiger partial charge < -0.3 is 10.6 Å². The highest BCUT2D eigenvalue weighted by Gasteiger charge is 2.14. The molecule has 2 rings (SSSR count). The standard InChI is InChI=1S/C15H18N4O2/c1-3-13(20)18-14-12(9-17-19-14)15(21)16-8-11-6-4-10(2)5-7-11/h4-7,9H,3,8H2,1-2H3,(H,16,21)(H2,17,18,19,20). The minimum atomic E-state index is -0.282. The van der Waals surface area contributed by atoms with Gasteiger partial charge in [0.15, 0.2) is 0 Å². The first kappa shape index (κ1) is 14.8.